The molecule has 3 unspecified atom stereocenters. The summed E-state index contributed by atoms with van der Waals surface area (Å²) in [5.41, 5.74) is 0. The lowest BCUT2D eigenvalue weighted by molar-refractivity contribution is -0.161. The number of phosphoric ester groups is 2. The van der Waals surface area contributed by atoms with E-state index in [1.54, 1.807) is 0 Å². The van der Waals surface area contributed by atoms with Crippen molar-refractivity contribution in [1.29, 1.82) is 0 Å². The number of rotatable bonds is 70. The van der Waals surface area contributed by atoms with Crippen LogP contribution in [0.5, 0.6) is 0 Å². The molecule has 0 radical (unpaired) electrons. The van der Waals surface area contributed by atoms with Gasteiger partial charge in [-0.3, -0.25) is 37.3 Å². The van der Waals surface area contributed by atoms with Crippen LogP contribution in [0.3, 0.4) is 0 Å². The van der Waals surface area contributed by atoms with Gasteiger partial charge >= 0.3 is 39.5 Å². The van der Waals surface area contributed by atoms with Crippen molar-refractivity contribution in [3.05, 3.63) is 24.3 Å². The molecule has 548 valence electrons. The van der Waals surface area contributed by atoms with Crippen LogP contribution in [0, 0.1) is 17.8 Å². The lowest BCUT2D eigenvalue weighted by Crippen LogP contribution is -2.30. The molecule has 0 amide bonds. The van der Waals surface area contributed by atoms with Crippen molar-refractivity contribution in [2.45, 2.75) is 369 Å². The number of esters is 4. The fourth-order valence-electron chi connectivity index (χ4n) is 10.7. The predicted molar refractivity (Wildman–Crippen MR) is 377 cm³/mol. The summed E-state index contributed by atoms with van der Waals surface area (Å²) in [6, 6.07) is 0. The number of ether oxygens (including phenoxy) is 4. The predicted octanol–water partition coefficient (Wildman–Crippen LogP) is 21.0. The van der Waals surface area contributed by atoms with E-state index in [2.05, 4.69) is 72.8 Å². The first kappa shape index (κ1) is 90.5. The van der Waals surface area contributed by atoms with Gasteiger partial charge in [0, 0.05) is 25.7 Å². The van der Waals surface area contributed by atoms with Crippen LogP contribution in [0.25, 0.3) is 0 Å². The average molecular weight is 1360 g/mol. The molecule has 0 saturated heterocycles. The third kappa shape index (κ3) is 67.9. The van der Waals surface area contributed by atoms with Crippen molar-refractivity contribution < 1.29 is 80.2 Å². The number of carbonyl (C=O) groups excluding carboxylic acids is 4. The first-order valence-electron chi connectivity index (χ1n) is 37.7. The van der Waals surface area contributed by atoms with Gasteiger partial charge in [0.1, 0.15) is 19.3 Å². The molecule has 0 aliphatic heterocycles. The Hall–Kier alpha value is -2.46. The van der Waals surface area contributed by atoms with Crippen LogP contribution in [0.15, 0.2) is 24.3 Å². The summed E-state index contributed by atoms with van der Waals surface area (Å²) in [6.07, 6.45) is 52.4. The highest BCUT2D eigenvalue weighted by Gasteiger charge is 2.30. The lowest BCUT2D eigenvalue weighted by Gasteiger charge is -2.21. The van der Waals surface area contributed by atoms with E-state index in [9.17, 15) is 43.2 Å². The first-order valence-corrected chi connectivity index (χ1v) is 40.7. The smallest absolute Gasteiger partial charge is 0.462 e. The number of allylic oxidation sites excluding steroid dienone is 4. The minimum absolute atomic E-state index is 0.0963. The maximum atomic E-state index is 13.0. The van der Waals surface area contributed by atoms with Gasteiger partial charge in [-0.05, 0) is 69.1 Å². The maximum absolute atomic E-state index is 13.0. The monoisotopic (exact) mass is 1360 g/mol. The summed E-state index contributed by atoms with van der Waals surface area (Å²) in [7, 11) is -9.92. The molecule has 5 atom stereocenters. The third-order valence-electron chi connectivity index (χ3n) is 16.5. The van der Waals surface area contributed by atoms with Crippen LogP contribution >= 0.6 is 15.6 Å². The van der Waals surface area contributed by atoms with E-state index in [4.69, 9.17) is 37.0 Å². The number of hydrogen-bond donors (Lipinski definition) is 3. The summed E-state index contributed by atoms with van der Waals surface area (Å²) in [5, 5.41) is 10.6. The van der Waals surface area contributed by atoms with Crippen LogP contribution < -0.4 is 0 Å². The number of unbranched alkanes of at least 4 members (excludes halogenated alkanes) is 35. The molecule has 0 aromatic heterocycles. The second kappa shape index (κ2) is 64.2. The van der Waals surface area contributed by atoms with E-state index in [1.807, 2.05) is 0 Å². The SMILES string of the molecule is CCCCCC/C=C\C=C/CCCCCCCC(=O)OC[C@H](COP(=O)(O)OCC(O)COP(=O)(O)OC[C@@H](COC(=O)CCCCCCCCCC(C)C)OC(=O)CCCCCCCCCCCCCCCCCC(C)C)OC(=O)CCCCCCCCCC(C)C. The Kier molecular flexibility index (Phi) is 62.5. The minimum Gasteiger partial charge on any atom is -0.462 e. The maximum Gasteiger partial charge on any atom is 0.472 e. The fraction of sp³-hybridized carbons (Fsp3) is 0.892. The van der Waals surface area contributed by atoms with Crippen molar-refractivity contribution in [3.8, 4) is 0 Å². The van der Waals surface area contributed by atoms with Gasteiger partial charge < -0.3 is 33.8 Å². The number of phosphoric acid groups is 2. The molecule has 0 aromatic carbocycles. The Bertz CT molecular complexity index is 1910. The van der Waals surface area contributed by atoms with Gasteiger partial charge in [-0.25, -0.2) is 9.13 Å². The molecule has 0 aliphatic carbocycles. The third-order valence-corrected chi connectivity index (χ3v) is 18.4. The van der Waals surface area contributed by atoms with Crippen LogP contribution in [-0.4, -0.2) is 96.7 Å². The van der Waals surface area contributed by atoms with Crippen LogP contribution in [0.1, 0.15) is 350 Å². The molecule has 19 heteroatoms. The summed E-state index contributed by atoms with van der Waals surface area (Å²) in [5.74, 6) is 0.0421. The van der Waals surface area contributed by atoms with Gasteiger partial charge in [0.05, 0.1) is 26.4 Å². The second-order valence-electron chi connectivity index (χ2n) is 27.4. The molecular formula is C74H140O17P2. The number of hydrogen-bond acceptors (Lipinski definition) is 15. The highest BCUT2D eigenvalue weighted by Crippen LogP contribution is 2.45. The quantitative estimate of drug-likeness (QED) is 0.0169. The van der Waals surface area contributed by atoms with Crippen LogP contribution in [0.4, 0.5) is 0 Å². The molecule has 0 saturated carbocycles. The Labute approximate surface area is 567 Å². The summed E-state index contributed by atoms with van der Waals surface area (Å²) < 4.78 is 68.3. The van der Waals surface area contributed by atoms with Crippen molar-refractivity contribution in [2.24, 2.45) is 17.8 Å². The van der Waals surface area contributed by atoms with Crippen molar-refractivity contribution >= 4 is 39.5 Å². The summed E-state index contributed by atoms with van der Waals surface area (Å²) >= 11 is 0. The number of aliphatic hydroxyl groups excluding tert-OH is 1. The van der Waals surface area contributed by atoms with E-state index >= 15 is 0 Å². The van der Waals surface area contributed by atoms with Crippen molar-refractivity contribution in [1.82, 2.24) is 0 Å². The summed E-state index contributed by atoms with van der Waals surface area (Å²) in [6.45, 7) is 11.7. The molecular weight excluding hydrogens is 1220 g/mol. The molecule has 0 bridgehead atoms. The fourth-order valence-corrected chi connectivity index (χ4v) is 12.3. The van der Waals surface area contributed by atoms with Gasteiger partial charge in [-0.1, -0.05) is 297 Å². The van der Waals surface area contributed by atoms with Crippen LogP contribution in [0.2, 0.25) is 0 Å². The highest BCUT2D eigenvalue weighted by atomic mass is 31.2. The standard InChI is InChI=1S/C74H140O17P2/c1-8-9-10-11-12-13-14-15-17-21-24-27-34-41-48-55-71(76)84-61-70(91-74(79)58-51-44-37-30-33-40-47-54-67(6)7)64-89-93(82,83)87-60-68(75)59-86-92(80,81)88-63-69(62-85-72(77)56-49-42-36-29-32-39-46-53-66(4)5)90-73(78)57-50-43-35-28-25-22-19-16-18-20-23-26-31-38-45-52-65(2)3/h13-15,17,65-70,75H,8-12,16,18-64H2,1-7H3,(H,80,81)(H,82,83)/b14-13-,17-15-/t68?,69-,70-/m1/s1. The zero-order chi connectivity index (χ0) is 68.7. The van der Waals surface area contributed by atoms with Gasteiger partial charge in [0.25, 0.3) is 0 Å². The van der Waals surface area contributed by atoms with Crippen molar-refractivity contribution in [2.75, 3.05) is 39.6 Å². The number of carbonyl (C=O) groups is 4. The van der Waals surface area contributed by atoms with Crippen LogP contribution in [-0.2, 0) is 65.4 Å². The first-order chi connectivity index (χ1) is 44.7. The van der Waals surface area contributed by atoms with Gasteiger partial charge in [0.15, 0.2) is 12.2 Å². The van der Waals surface area contributed by atoms with E-state index in [0.717, 1.165) is 121 Å². The molecule has 0 aliphatic rings. The van der Waals surface area contributed by atoms with Gasteiger partial charge in [-0.2, -0.15) is 0 Å². The highest BCUT2D eigenvalue weighted by molar-refractivity contribution is 7.47. The zero-order valence-electron chi connectivity index (χ0n) is 60.2. The van der Waals surface area contributed by atoms with E-state index in [1.165, 1.54) is 135 Å². The molecule has 0 aromatic rings. The Morgan fingerprint density at radius 1 is 0.333 bits per heavy atom. The number of aliphatic hydroxyl groups is 1. The summed E-state index contributed by atoms with van der Waals surface area (Å²) in [4.78, 5) is 72.6. The van der Waals surface area contributed by atoms with Crippen molar-refractivity contribution in [3.63, 3.8) is 0 Å². The molecule has 17 nitrogen and oxygen atoms in total. The minimum atomic E-state index is -4.96. The van der Waals surface area contributed by atoms with E-state index < -0.39 is 97.5 Å². The Morgan fingerprint density at radius 2 is 0.581 bits per heavy atom. The van der Waals surface area contributed by atoms with E-state index in [-0.39, 0.29) is 25.7 Å². The lowest BCUT2D eigenvalue weighted by atomic mass is 10.0. The molecule has 93 heavy (non-hydrogen) atoms. The Morgan fingerprint density at radius 3 is 0.871 bits per heavy atom. The largest absolute Gasteiger partial charge is 0.472 e. The van der Waals surface area contributed by atoms with Gasteiger partial charge in [0.2, 0.25) is 0 Å². The topological polar surface area (TPSA) is 237 Å². The molecule has 0 fully saturated rings. The molecule has 0 spiro atoms. The molecule has 0 heterocycles. The van der Waals surface area contributed by atoms with E-state index in [0.29, 0.717) is 37.5 Å². The molecule has 3 N–H and O–H groups in total. The normalized spacial score (nSPS) is 14.3. The van der Waals surface area contributed by atoms with Gasteiger partial charge in [-0.15, -0.1) is 0 Å². The Balaban J connectivity index is 5.23. The average Bonchev–Trinajstić information content (AvgIpc) is 2.27. The second-order valence-corrected chi connectivity index (χ2v) is 30.3. The zero-order valence-corrected chi connectivity index (χ0v) is 62.0. The molecule has 0 rings (SSSR count).